The van der Waals surface area contributed by atoms with Gasteiger partial charge in [0.2, 0.25) is 0 Å². The van der Waals surface area contributed by atoms with Gasteiger partial charge in [-0.1, -0.05) is 6.07 Å². The van der Waals surface area contributed by atoms with E-state index in [1.54, 1.807) is 0 Å². The molecule has 1 aromatic rings. The van der Waals surface area contributed by atoms with Crippen molar-refractivity contribution < 1.29 is 14.3 Å². The number of nitrogens with zero attached hydrogens (tertiary/aromatic N) is 1. The number of carbonyl (C=O) groups excluding carboxylic acids is 1. The minimum absolute atomic E-state index is 0.110. The monoisotopic (exact) mass is 301 g/mol. The maximum Gasteiger partial charge on any atom is 0.308 e. The summed E-state index contributed by atoms with van der Waals surface area (Å²) in [5.74, 6) is 1.06. The third-order valence-corrected chi connectivity index (χ3v) is 5.89. The molecule has 0 unspecified atom stereocenters. The Balaban J connectivity index is 1.82. The molecule has 2 bridgehead atoms. The molecule has 1 aromatic carbocycles. The molecule has 2 saturated heterocycles. The number of carbonyl (C=O) groups is 1. The van der Waals surface area contributed by atoms with E-state index >= 15 is 0 Å². The van der Waals surface area contributed by atoms with Crippen LogP contribution >= 0.6 is 0 Å². The molecule has 1 aliphatic carbocycles. The molecule has 0 saturated carbocycles. The quantitative estimate of drug-likeness (QED) is 0.588. The zero-order valence-corrected chi connectivity index (χ0v) is 13.3. The molecule has 0 N–H and O–H groups in total. The lowest BCUT2D eigenvalue weighted by molar-refractivity contribution is -0.131. The maximum absolute atomic E-state index is 11.3. The second-order valence-corrected chi connectivity index (χ2v) is 7.02. The smallest absolute Gasteiger partial charge is 0.308 e. The molecule has 4 nitrogen and oxygen atoms in total. The summed E-state index contributed by atoms with van der Waals surface area (Å²) >= 11 is 0. The van der Waals surface area contributed by atoms with Crippen molar-refractivity contribution in [3.05, 3.63) is 29.3 Å². The summed E-state index contributed by atoms with van der Waals surface area (Å²) < 4.78 is 11.2. The Morgan fingerprint density at radius 1 is 1.45 bits per heavy atom. The Morgan fingerprint density at radius 2 is 2.32 bits per heavy atom. The van der Waals surface area contributed by atoms with Gasteiger partial charge in [-0.05, 0) is 62.0 Å². The van der Waals surface area contributed by atoms with Crippen molar-refractivity contribution in [1.29, 1.82) is 0 Å². The number of benzene rings is 1. The van der Waals surface area contributed by atoms with Gasteiger partial charge < -0.3 is 14.4 Å². The summed E-state index contributed by atoms with van der Waals surface area (Å²) in [7, 11) is 2.25. The van der Waals surface area contributed by atoms with E-state index in [2.05, 4.69) is 24.1 Å². The topological polar surface area (TPSA) is 38.8 Å². The molecule has 2 fully saturated rings. The van der Waals surface area contributed by atoms with E-state index in [9.17, 15) is 4.79 Å². The first kappa shape index (κ1) is 14.2. The SMILES string of the molecule is CC(=O)Oc1ccc2c(c1)[C@]13CCN(C)[C@H](C2)[C@@H]1CCOC3. The van der Waals surface area contributed by atoms with Crippen molar-refractivity contribution in [3.63, 3.8) is 0 Å². The molecule has 3 aliphatic rings. The Kier molecular flexibility index (Phi) is 3.27. The van der Waals surface area contributed by atoms with Crippen molar-refractivity contribution in [2.75, 3.05) is 26.8 Å². The Bertz CT molecular complexity index is 614. The third-order valence-electron chi connectivity index (χ3n) is 5.89. The van der Waals surface area contributed by atoms with E-state index in [4.69, 9.17) is 9.47 Å². The minimum Gasteiger partial charge on any atom is -0.427 e. The Labute approximate surface area is 131 Å². The number of ether oxygens (including phenoxy) is 2. The highest BCUT2D eigenvalue weighted by molar-refractivity contribution is 5.69. The third kappa shape index (κ3) is 2.01. The Morgan fingerprint density at radius 3 is 3.14 bits per heavy atom. The van der Waals surface area contributed by atoms with Crippen LogP contribution in [-0.2, 0) is 21.4 Å². The number of fused-ring (bicyclic) bond motifs is 1. The largest absolute Gasteiger partial charge is 0.427 e. The molecule has 4 rings (SSSR count). The fourth-order valence-corrected chi connectivity index (χ4v) is 4.88. The van der Waals surface area contributed by atoms with E-state index in [-0.39, 0.29) is 11.4 Å². The highest BCUT2D eigenvalue weighted by Gasteiger charge is 2.53. The average Bonchev–Trinajstić information content (AvgIpc) is 2.51. The van der Waals surface area contributed by atoms with E-state index in [0.717, 1.165) is 39.0 Å². The number of likely N-dealkylation sites (N-methyl/N-ethyl adjacent to an activating group) is 1. The van der Waals surface area contributed by atoms with Crippen LogP contribution in [0.1, 0.15) is 30.9 Å². The van der Waals surface area contributed by atoms with E-state index in [1.165, 1.54) is 18.1 Å². The molecule has 0 radical (unpaired) electrons. The van der Waals surface area contributed by atoms with Gasteiger partial charge in [0.05, 0.1) is 6.61 Å². The van der Waals surface area contributed by atoms with Gasteiger partial charge in [0, 0.05) is 25.0 Å². The number of piperidine rings is 1. The van der Waals surface area contributed by atoms with Crippen LogP contribution in [0.4, 0.5) is 0 Å². The van der Waals surface area contributed by atoms with Crippen molar-refractivity contribution in [2.45, 2.75) is 37.6 Å². The van der Waals surface area contributed by atoms with Gasteiger partial charge in [0.15, 0.2) is 0 Å². The van der Waals surface area contributed by atoms with Crippen LogP contribution in [0, 0.1) is 5.92 Å². The average molecular weight is 301 g/mol. The van der Waals surface area contributed by atoms with Crippen molar-refractivity contribution in [3.8, 4) is 5.75 Å². The van der Waals surface area contributed by atoms with Crippen molar-refractivity contribution >= 4 is 5.97 Å². The van der Waals surface area contributed by atoms with E-state index < -0.39 is 0 Å². The summed E-state index contributed by atoms with van der Waals surface area (Å²) in [6.45, 7) is 4.24. The summed E-state index contributed by atoms with van der Waals surface area (Å²) in [5.41, 5.74) is 2.87. The van der Waals surface area contributed by atoms with Crippen LogP contribution in [0.15, 0.2) is 18.2 Å². The molecule has 22 heavy (non-hydrogen) atoms. The standard InChI is InChI=1S/C18H23NO3/c1-12(20)22-14-4-3-13-9-17-15-5-8-21-11-18(15,16(13)10-14)6-7-19(17)2/h3-4,10,15,17H,5-9,11H2,1-2H3/t15-,17+,18-/m0/s1. The molecule has 0 aromatic heterocycles. The van der Waals surface area contributed by atoms with Crippen molar-refractivity contribution in [1.82, 2.24) is 4.90 Å². The van der Waals surface area contributed by atoms with Crippen molar-refractivity contribution in [2.24, 2.45) is 5.92 Å². The van der Waals surface area contributed by atoms with Crippen LogP contribution in [-0.4, -0.2) is 43.7 Å². The molecule has 2 heterocycles. The second-order valence-electron chi connectivity index (χ2n) is 7.02. The molecular weight excluding hydrogens is 278 g/mol. The molecule has 0 spiro atoms. The normalized spacial score (nSPS) is 33.7. The summed E-state index contributed by atoms with van der Waals surface area (Å²) in [6.07, 6.45) is 3.35. The number of hydrogen-bond donors (Lipinski definition) is 0. The second kappa shape index (κ2) is 5.07. The van der Waals surface area contributed by atoms with Gasteiger partial charge in [-0.15, -0.1) is 0 Å². The van der Waals surface area contributed by atoms with Gasteiger partial charge >= 0.3 is 5.97 Å². The molecule has 4 heteroatoms. The maximum atomic E-state index is 11.3. The lowest BCUT2D eigenvalue weighted by Crippen LogP contribution is -2.62. The molecule has 0 amide bonds. The summed E-state index contributed by atoms with van der Waals surface area (Å²) in [6, 6.07) is 6.79. The zero-order valence-electron chi connectivity index (χ0n) is 13.3. The fraction of sp³-hybridized carbons (Fsp3) is 0.611. The first-order valence-corrected chi connectivity index (χ1v) is 8.20. The van der Waals surface area contributed by atoms with Gasteiger partial charge in [-0.25, -0.2) is 0 Å². The fourth-order valence-electron chi connectivity index (χ4n) is 4.88. The Hall–Kier alpha value is -1.39. The van der Waals surface area contributed by atoms with Gasteiger partial charge in [0.1, 0.15) is 5.75 Å². The number of likely N-dealkylation sites (tertiary alicyclic amines) is 1. The van der Waals surface area contributed by atoms with E-state index in [1.807, 2.05) is 6.07 Å². The number of rotatable bonds is 1. The lowest BCUT2D eigenvalue weighted by Gasteiger charge is -2.58. The predicted molar refractivity (Wildman–Crippen MR) is 83.1 cm³/mol. The first-order valence-electron chi connectivity index (χ1n) is 8.20. The van der Waals surface area contributed by atoms with Gasteiger partial charge in [-0.2, -0.15) is 0 Å². The van der Waals surface area contributed by atoms with Crippen LogP contribution in [0.5, 0.6) is 5.75 Å². The molecular formula is C18H23NO3. The highest BCUT2D eigenvalue weighted by Crippen LogP contribution is 2.52. The lowest BCUT2D eigenvalue weighted by atomic mass is 9.56. The van der Waals surface area contributed by atoms with Crippen LogP contribution < -0.4 is 4.74 Å². The van der Waals surface area contributed by atoms with Crippen LogP contribution in [0.3, 0.4) is 0 Å². The predicted octanol–water partition coefficient (Wildman–Crippen LogP) is 2.15. The first-order chi connectivity index (χ1) is 10.6. The minimum atomic E-state index is -0.258. The summed E-state index contributed by atoms with van der Waals surface area (Å²) in [5, 5.41) is 0. The number of esters is 1. The molecule has 2 aliphatic heterocycles. The zero-order chi connectivity index (χ0) is 15.3. The van der Waals surface area contributed by atoms with E-state index in [0.29, 0.717) is 17.7 Å². The van der Waals surface area contributed by atoms with Crippen LogP contribution in [0.25, 0.3) is 0 Å². The number of hydrogen-bond acceptors (Lipinski definition) is 4. The van der Waals surface area contributed by atoms with Gasteiger partial charge in [-0.3, -0.25) is 4.79 Å². The summed E-state index contributed by atoms with van der Waals surface area (Å²) in [4.78, 5) is 13.8. The molecule has 3 atom stereocenters. The van der Waals surface area contributed by atoms with Gasteiger partial charge in [0.25, 0.3) is 0 Å². The van der Waals surface area contributed by atoms with Crippen LogP contribution in [0.2, 0.25) is 0 Å². The molecule has 118 valence electrons. The highest BCUT2D eigenvalue weighted by atomic mass is 16.5.